The van der Waals surface area contributed by atoms with Crippen molar-refractivity contribution >= 4 is 6.09 Å². The summed E-state index contributed by atoms with van der Waals surface area (Å²) in [5, 5.41) is 3.38. The van der Waals surface area contributed by atoms with Gasteiger partial charge in [-0.1, -0.05) is 6.07 Å². The van der Waals surface area contributed by atoms with Crippen molar-refractivity contribution in [3.63, 3.8) is 0 Å². The van der Waals surface area contributed by atoms with Gasteiger partial charge in [-0.15, -0.1) is 0 Å². The highest BCUT2D eigenvalue weighted by atomic mass is 16.6. The predicted molar refractivity (Wildman–Crippen MR) is 84.5 cm³/mol. The first-order valence-electron chi connectivity index (χ1n) is 8.05. The Kier molecular flexibility index (Phi) is 3.85. The molecule has 1 atom stereocenters. The lowest BCUT2D eigenvalue weighted by molar-refractivity contribution is -0.0964. The Bertz CT molecular complexity index is 533. The fraction of sp³-hybridized carbons (Fsp3) is 0.647. The van der Waals surface area contributed by atoms with E-state index >= 15 is 0 Å². The molecule has 2 aliphatic rings. The van der Waals surface area contributed by atoms with Gasteiger partial charge in [0, 0.05) is 6.20 Å². The summed E-state index contributed by atoms with van der Waals surface area (Å²) in [4.78, 5) is 19.1. The topological polar surface area (TPSA) is 54.5 Å². The number of nitrogens with one attached hydrogen (secondary N) is 1. The van der Waals surface area contributed by atoms with Gasteiger partial charge in [0.1, 0.15) is 5.60 Å². The highest BCUT2D eigenvalue weighted by Gasteiger charge is 2.56. The molecule has 0 radical (unpaired) electrons. The van der Waals surface area contributed by atoms with Gasteiger partial charge in [-0.2, -0.15) is 0 Å². The molecule has 1 aromatic heterocycles. The Morgan fingerprint density at radius 2 is 2.09 bits per heavy atom. The number of likely N-dealkylation sites (tertiary alicyclic amines) is 1. The van der Waals surface area contributed by atoms with Gasteiger partial charge < -0.3 is 10.1 Å². The Hall–Kier alpha value is -1.62. The summed E-state index contributed by atoms with van der Waals surface area (Å²) in [6.45, 7) is 7.64. The van der Waals surface area contributed by atoms with E-state index in [0.29, 0.717) is 0 Å². The number of rotatable bonds is 1. The lowest BCUT2D eigenvalue weighted by Crippen LogP contribution is -2.67. The molecule has 2 aliphatic heterocycles. The van der Waals surface area contributed by atoms with Crippen molar-refractivity contribution in [3.8, 4) is 0 Å². The molecule has 2 saturated heterocycles. The zero-order valence-corrected chi connectivity index (χ0v) is 13.6. The molecule has 1 unspecified atom stereocenters. The molecule has 1 aromatic rings. The smallest absolute Gasteiger partial charge is 0.411 e. The molecule has 2 fully saturated rings. The van der Waals surface area contributed by atoms with Gasteiger partial charge in [0.05, 0.1) is 17.3 Å². The molecule has 0 bridgehead atoms. The SMILES string of the molecule is CC(C)(C)OC(=O)N1C(c2ccccn2)CC12CCNCC2. The number of aromatic nitrogens is 1. The average molecular weight is 303 g/mol. The molecule has 120 valence electrons. The molecule has 0 aromatic carbocycles. The van der Waals surface area contributed by atoms with Crippen LogP contribution in [-0.2, 0) is 4.74 Å². The highest BCUT2D eigenvalue weighted by Crippen LogP contribution is 2.51. The van der Waals surface area contributed by atoms with Gasteiger partial charge in [0.15, 0.2) is 0 Å². The Labute approximate surface area is 132 Å². The highest BCUT2D eigenvalue weighted by molar-refractivity contribution is 5.71. The summed E-state index contributed by atoms with van der Waals surface area (Å²) in [5.74, 6) is 0. The Morgan fingerprint density at radius 1 is 1.36 bits per heavy atom. The van der Waals surface area contributed by atoms with Crippen molar-refractivity contribution in [2.45, 2.75) is 57.2 Å². The summed E-state index contributed by atoms with van der Waals surface area (Å²) < 4.78 is 5.66. The first-order valence-corrected chi connectivity index (χ1v) is 8.05. The zero-order chi connectivity index (χ0) is 15.8. The molecule has 0 aliphatic carbocycles. The number of carbonyl (C=O) groups is 1. The number of amides is 1. The number of hydrogen-bond donors (Lipinski definition) is 1. The van der Waals surface area contributed by atoms with E-state index in [0.717, 1.165) is 38.0 Å². The van der Waals surface area contributed by atoms with Gasteiger partial charge in [-0.05, 0) is 65.3 Å². The summed E-state index contributed by atoms with van der Waals surface area (Å²) in [6.07, 6.45) is 4.52. The van der Waals surface area contributed by atoms with Gasteiger partial charge in [-0.3, -0.25) is 9.88 Å². The van der Waals surface area contributed by atoms with Crippen LogP contribution < -0.4 is 5.32 Å². The fourth-order valence-electron chi connectivity index (χ4n) is 3.55. The van der Waals surface area contributed by atoms with Crippen LogP contribution >= 0.6 is 0 Å². The molecule has 3 heterocycles. The first-order chi connectivity index (χ1) is 10.4. The second kappa shape index (κ2) is 5.54. The maximum absolute atomic E-state index is 12.8. The summed E-state index contributed by atoms with van der Waals surface area (Å²) in [6, 6.07) is 5.91. The van der Waals surface area contributed by atoms with Gasteiger partial charge in [0.25, 0.3) is 0 Å². The monoisotopic (exact) mass is 303 g/mol. The minimum absolute atomic E-state index is 0.0362. The predicted octanol–water partition coefficient (Wildman–Crippen LogP) is 2.89. The van der Waals surface area contributed by atoms with E-state index in [1.54, 1.807) is 6.20 Å². The van der Waals surface area contributed by atoms with Crippen molar-refractivity contribution in [1.29, 1.82) is 0 Å². The first kappa shape index (κ1) is 15.3. The normalized spacial score (nSPS) is 24.0. The Balaban J connectivity index is 1.85. The molecule has 0 saturated carbocycles. The maximum atomic E-state index is 12.8. The second-order valence-corrected chi connectivity index (χ2v) is 7.30. The van der Waals surface area contributed by atoms with Crippen molar-refractivity contribution in [3.05, 3.63) is 30.1 Å². The average Bonchev–Trinajstić information content (AvgIpc) is 2.45. The lowest BCUT2D eigenvalue weighted by Gasteiger charge is -2.59. The van der Waals surface area contributed by atoms with Crippen LogP contribution in [0, 0.1) is 0 Å². The van der Waals surface area contributed by atoms with Crippen LogP contribution in [0.4, 0.5) is 4.79 Å². The van der Waals surface area contributed by atoms with Gasteiger partial charge in [-0.25, -0.2) is 4.79 Å². The van der Waals surface area contributed by atoms with Crippen LogP contribution in [0.2, 0.25) is 0 Å². The minimum atomic E-state index is -0.477. The fourth-order valence-corrected chi connectivity index (χ4v) is 3.55. The number of ether oxygens (including phenoxy) is 1. The second-order valence-electron chi connectivity index (χ2n) is 7.30. The zero-order valence-electron chi connectivity index (χ0n) is 13.6. The minimum Gasteiger partial charge on any atom is -0.444 e. The van der Waals surface area contributed by atoms with Crippen molar-refractivity contribution in [1.82, 2.24) is 15.2 Å². The number of carbonyl (C=O) groups excluding carboxylic acids is 1. The van der Waals surface area contributed by atoms with Crippen LogP contribution in [0.25, 0.3) is 0 Å². The molecule has 5 heteroatoms. The quantitative estimate of drug-likeness (QED) is 0.867. The molecule has 5 nitrogen and oxygen atoms in total. The van der Waals surface area contributed by atoms with E-state index < -0.39 is 5.60 Å². The van der Waals surface area contributed by atoms with Crippen LogP contribution in [0.3, 0.4) is 0 Å². The van der Waals surface area contributed by atoms with E-state index in [1.807, 2.05) is 43.9 Å². The molecule has 1 N–H and O–H groups in total. The Morgan fingerprint density at radius 3 is 2.68 bits per heavy atom. The third-order valence-corrected chi connectivity index (χ3v) is 4.55. The molecular weight excluding hydrogens is 278 g/mol. The lowest BCUT2D eigenvalue weighted by atomic mass is 9.71. The van der Waals surface area contributed by atoms with Crippen LogP contribution in [-0.4, -0.2) is 40.2 Å². The van der Waals surface area contributed by atoms with Crippen LogP contribution in [0.5, 0.6) is 0 Å². The molecular formula is C17H25N3O2. The molecule has 3 rings (SSSR count). The van der Waals surface area contributed by atoms with E-state index in [9.17, 15) is 4.79 Å². The van der Waals surface area contributed by atoms with Crippen molar-refractivity contribution in [2.75, 3.05) is 13.1 Å². The van der Waals surface area contributed by atoms with Crippen molar-refractivity contribution in [2.24, 2.45) is 0 Å². The molecule has 1 amide bonds. The van der Waals surface area contributed by atoms with Crippen molar-refractivity contribution < 1.29 is 9.53 Å². The number of nitrogens with zero attached hydrogens (tertiary/aromatic N) is 2. The molecule has 1 spiro atoms. The maximum Gasteiger partial charge on any atom is 0.411 e. The number of pyridine rings is 1. The van der Waals surface area contributed by atoms with E-state index in [4.69, 9.17) is 4.74 Å². The summed E-state index contributed by atoms with van der Waals surface area (Å²) in [7, 11) is 0. The largest absolute Gasteiger partial charge is 0.444 e. The number of hydrogen-bond acceptors (Lipinski definition) is 4. The molecule has 22 heavy (non-hydrogen) atoms. The van der Waals surface area contributed by atoms with Crippen LogP contribution in [0.15, 0.2) is 24.4 Å². The number of piperidine rings is 1. The third kappa shape index (κ3) is 2.82. The van der Waals surface area contributed by atoms with Gasteiger partial charge in [0.2, 0.25) is 0 Å². The van der Waals surface area contributed by atoms with E-state index in [2.05, 4.69) is 10.3 Å². The van der Waals surface area contributed by atoms with Gasteiger partial charge >= 0.3 is 6.09 Å². The van der Waals surface area contributed by atoms with E-state index in [-0.39, 0.29) is 17.7 Å². The van der Waals surface area contributed by atoms with Crippen LogP contribution in [0.1, 0.15) is 51.8 Å². The third-order valence-electron chi connectivity index (χ3n) is 4.55. The summed E-state index contributed by atoms with van der Waals surface area (Å²) in [5.41, 5.74) is 0.420. The van der Waals surface area contributed by atoms with E-state index in [1.165, 1.54) is 0 Å². The standard InChI is InChI=1S/C17H25N3O2/c1-16(2,3)22-15(21)20-14(13-6-4-5-9-19-13)12-17(20)7-10-18-11-8-17/h4-6,9,14,18H,7-8,10-12H2,1-3H3. The summed E-state index contributed by atoms with van der Waals surface area (Å²) >= 11 is 0.